The van der Waals surface area contributed by atoms with Crippen molar-refractivity contribution in [2.75, 3.05) is 18.3 Å². The van der Waals surface area contributed by atoms with E-state index < -0.39 is 6.23 Å². The smallest absolute Gasteiger partial charge is 0.247 e. The van der Waals surface area contributed by atoms with Crippen LogP contribution in [-0.4, -0.2) is 34.5 Å². The molecule has 0 radical (unpaired) electrons. The van der Waals surface area contributed by atoms with Crippen molar-refractivity contribution in [3.63, 3.8) is 0 Å². The summed E-state index contributed by atoms with van der Waals surface area (Å²) in [6.07, 6.45) is 2.15. The minimum absolute atomic E-state index is 0.0548. The number of hydrogen-bond donors (Lipinski definition) is 0. The van der Waals surface area contributed by atoms with Gasteiger partial charge in [0, 0.05) is 12.0 Å². The molecule has 0 fully saturated rings. The van der Waals surface area contributed by atoms with Gasteiger partial charge in [-0.2, -0.15) is 4.98 Å². The van der Waals surface area contributed by atoms with Crippen molar-refractivity contribution in [3.8, 4) is 22.9 Å². The highest BCUT2D eigenvalue weighted by atomic mass is 32.2. The van der Waals surface area contributed by atoms with E-state index in [1.807, 2.05) is 73.8 Å². The van der Waals surface area contributed by atoms with Crippen molar-refractivity contribution >= 4 is 34.1 Å². The summed E-state index contributed by atoms with van der Waals surface area (Å²) < 4.78 is 12.4. The van der Waals surface area contributed by atoms with Crippen LogP contribution in [-0.2, 0) is 4.79 Å². The summed E-state index contributed by atoms with van der Waals surface area (Å²) in [5, 5.41) is 11.1. The van der Waals surface area contributed by atoms with Gasteiger partial charge >= 0.3 is 0 Å². The molecule has 1 aromatic heterocycles. The number of methoxy groups -OCH3 is 1. The summed E-state index contributed by atoms with van der Waals surface area (Å²) in [5.74, 6) is 0.908. The van der Waals surface area contributed by atoms with Crippen molar-refractivity contribution < 1.29 is 14.3 Å². The van der Waals surface area contributed by atoms with E-state index in [0.717, 1.165) is 21.9 Å². The number of fused-ring (bicyclic) bond motifs is 4. The number of anilines is 1. The summed E-state index contributed by atoms with van der Waals surface area (Å²) in [6.45, 7) is 1.99. The zero-order valence-corrected chi connectivity index (χ0v) is 20.0. The number of thioether (sulfide) groups is 1. The number of carbonyl (C=O) groups is 1. The van der Waals surface area contributed by atoms with Gasteiger partial charge in [-0.1, -0.05) is 67.2 Å². The molecule has 0 N–H and O–H groups in total. The second-order valence-electron chi connectivity index (χ2n) is 7.86. The third-order valence-electron chi connectivity index (χ3n) is 5.82. The van der Waals surface area contributed by atoms with Crippen molar-refractivity contribution in [1.82, 2.24) is 15.2 Å². The van der Waals surface area contributed by atoms with Crippen molar-refractivity contribution in [1.29, 1.82) is 0 Å². The maximum atomic E-state index is 13.7. The zero-order valence-electron chi connectivity index (χ0n) is 19.2. The molecule has 0 unspecified atom stereocenters. The molecule has 0 saturated heterocycles. The first kappa shape index (κ1) is 22.2. The van der Waals surface area contributed by atoms with E-state index in [-0.39, 0.29) is 5.91 Å². The molecule has 3 aromatic carbocycles. The van der Waals surface area contributed by atoms with Crippen LogP contribution < -0.4 is 14.4 Å². The number of para-hydroxylation sites is 1. The number of hydrogen-bond acceptors (Lipinski definition) is 7. The Kier molecular flexibility index (Phi) is 6.06. The van der Waals surface area contributed by atoms with Crippen LogP contribution in [0, 0.1) is 0 Å². The summed E-state index contributed by atoms with van der Waals surface area (Å²) >= 11 is 1.38. The lowest BCUT2D eigenvalue weighted by Crippen LogP contribution is -2.38. The van der Waals surface area contributed by atoms with Gasteiger partial charge < -0.3 is 9.47 Å². The molecule has 0 aliphatic carbocycles. The molecule has 2 heterocycles. The Morgan fingerprint density at radius 3 is 2.68 bits per heavy atom. The fourth-order valence-corrected chi connectivity index (χ4v) is 4.60. The fourth-order valence-electron chi connectivity index (χ4n) is 4.30. The number of carbonyl (C=O) groups excluding carboxylic acids is 1. The number of aromatic nitrogens is 3. The van der Waals surface area contributed by atoms with Gasteiger partial charge in [0.2, 0.25) is 23.2 Å². The average Bonchev–Trinajstić information content (AvgIpc) is 3.02. The van der Waals surface area contributed by atoms with E-state index in [1.54, 1.807) is 12.0 Å². The Balaban J connectivity index is 1.84. The highest BCUT2D eigenvalue weighted by Crippen LogP contribution is 2.46. The summed E-state index contributed by atoms with van der Waals surface area (Å²) in [4.78, 5) is 20.0. The van der Waals surface area contributed by atoms with E-state index in [1.165, 1.54) is 11.8 Å². The first-order valence-electron chi connectivity index (χ1n) is 11.1. The minimum Gasteiger partial charge on any atom is -0.496 e. The molecule has 172 valence electrons. The molecule has 0 bridgehead atoms. The van der Waals surface area contributed by atoms with E-state index in [0.29, 0.717) is 41.0 Å². The molecular formula is C26H24N4O3S. The van der Waals surface area contributed by atoms with E-state index in [2.05, 4.69) is 15.2 Å². The second-order valence-corrected chi connectivity index (χ2v) is 8.63. The van der Waals surface area contributed by atoms with Gasteiger partial charge in [-0.15, -0.1) is 10.2 Å². The maximum absolute atomic E-state index is 13.7. The largest absolute Gasteiger partial charge is 0.496 e. The lowest BCUT2D eigenvalue weighted by atomic mass is 10.0. The van der Waals surface area contributed by atoms with Gasteiger partial charge in [-0.25, -0.2) is 0 Å². The van der Waals surface area contributed by atoms with E-state index in [4.69, 9.17) is 9.47 Å². The normalized spacial score (nSPS) is 14.7. The molecule has 1 amide bonds. The minimum atomic E-state index is -0.811. The van der Waals surface area contributed by atoms with Gasteiger partial charge in [-0.3, -0.25) is 9.69 Å². The Morgan fingerprint density at radius 1 is 1.09 bits per heavy atom. The molecule has 1 aliphatic heterocycles. The SMILES string of the molecule is CCCC(=O)N1c2ccccc2-c2nnc(SC)nc2O[C@H]1c1c(OC)ccc2ccccc12. The predicted octanol–water partition coefficient (Wildman–Crippen LogP) is 5.65. The molecule has 1 aliphatic rings. The first-order valence-corrected chi connectivity index (χ1v) is 12.3. The first-order chi connectivity index (χ1) is 16.7. The Morgan fingerprint density at radius 2 is 1.88 bits per heavy atom. The van der Waals surface area contributed by atoms with Crippen LogP contribution in [0.25, 0.3) is 22.0 Å². The quantitative estimate of drug-likeness (QED) is 0.348. The number of nitrogens with zero attached hydrogens (tertiary/aromatic N) is 4. The Bertz CT molecular complexity index is 1380. The Hall–Kier alpha value is -3.65. The number of amides is 1. The van der Waals surface area contributed by atoms with Gasteiger partial charge in [0.1, 0.15) is 5.75 Å². The highest BCUT2D eigenvalue weighted by Gasteiger charge is 2.37. The predicted molar refractivity (Wildman–Crippen MR) is 133 cm³/mol. The summed E-state index contributed by atoms with van der Waals surface area (Å²) in [7, 11) is 1.62. The number of ether oxygens (including phenoxy) is 2. The van der Waals surface area contributed by atoms with Crippen molar-refractivity contribution in [2.24, 2.45) is 0 Å². The van der Waals surface area contributed by atoms with Crippen molar-refractivity contribution in [3.05, 3.63) is 66.2 Å². The summed E-state index contributed by atoms with van der Waals surface area (Å²) in [6, 6.07) is 19.6. The monoisotopic (exact) mass is 472 g/mol. The molecule has 1 atom stereocenters. The third-order valence-corrected chi connectivity index (χ3v) is 6.36. The average molecular weight is 473 g/mol. The molecule has 0 saturated carbocycles. The van der Waals surface area contributed by atoms with Gasteiger partial charge in [0.15, 0.2) is 5.69 Å². The zero-order chi connectivity index (χ0) is 23.7. The summed E-state index contributed by atoms with van der Waals surface area (Å²) in [5.41, 5.74) is 2.71. The van der Waals surface area contributed by atoms with Gasteiger partial charge in [0.25, 0.3) is 0 Å². The molecule has 0 spiro atoms. The van der Waals surface area contributed by atoms with Crippen LogP contribution >= 0.6 is 11.8 Å². The topological polar surface area (TPSA) is 77.4 Å². The van der Waals surface area contributed by atoms with Crippen LogP contribution in [0.5, 0.6) is 11.6 Å². The molecule has 7 nitrogen and oxygen atoms in total. The molecule has 8 heteroatoms. The molecule has 5 rings (SSSR count). The van der Waals surface area contributed by atoms with Crippen LogP contribution in [0.3, 0.4) is 0 Å². The second kappa shape index (κ2) is 9.30. The van der Waals surface area contributed by atoms with Gasteiger partial charge in [0.05, 0.1) is 18.4 Å². The van der Waals surface area contributed by atoms with Crippen LogP contribution in [0.2, 0.25) is 0 Å². The van der Waals surface area contributed by atoms with E-state index in [9.17, 15) is 4.79 Å². The lowest BCUT2D eigenvalue weighted by molar-refractivity contribution is -0.120. The standard InChI is InChI=1S/C26H24N4O3S/c1-4-9-21(31)30-19-13-8-7-12-18(19)23-24(27-26(34-3)29-28-23)33-25(30)22-17-11-6-5-10-16(17)14-15-20(22)32-2/h5-8,10-15,25H,4,9H2,1-3H3/t25-/m0/s1. The van der Waals surface area contributed by atoms with Crippen molar-refractivity contribution in [2.45, 2.75) is 31.1 Å². The lowest BCUT2D eigenvalue weighted by Gasteiger charge is -2.32. The third kappa shape index (κ3) is 3.74. The van der Waals surface area contributed by atoms with Crippen LogP contribution in [0.4, 0.5) is 5.69 Å². The van der Waals surface area contributed by atoms with Crippen LogP contribution in [0.1, 0.15) is 31.6 Å². The maximum Gasteiger partial charge on any atom is 0.247 e. The Labute approximate surface area is 202 Å². The molecular weight excluding hydrogens is 448 g/mol. The van der Waals surface area contributed by atoms with E-state index >= 15 is 0 Å². The van der Waals surface area contributed by atoms with Crippen LogP contribution in [0.15, 0.2) is 65.8 Å². The fraction of sp³-hybridized carbons (Fsp3) is 0.231. The number of rotatable bonds is 5. The molecule has 34 heavy (non-hydrogen) atoms. The highest BCUT2D eigenvalue weighted by molar-refractivity contribution is 7.98. The van der Waals surface area contributed by atoms with Gasteiger partial charge in [-0.05, 0) is 35.6 Å². The molecule has 4 aromatic rings. The number of benzene rings is 3.